The molecule has 0 fully saturated rings. The summed E-state index contributed by atoms with van der Waals surface area (Å²) in [5.41, 5.74) is 2.05. The van der Waals surface area contributed by atoms with E-state index in [-0.39, 0.29) is 5.78 Å². The molecule has 0 aliphatic heterocycles. The number of rotatable bonds is 4. The molecular weight excluding hydrogens is 196 g/mol. The predicted molar refractivity (Wildman–Crippen MR) is 55.4 cm³/mol. The number of Topliss-reactive ketones (excluding diaryl/α,β-unsaturated/α-hetero) is 1. The summed E-state index contributed by atoms with van der Waals surface area (Å²) in [6.45, 7) is 0. The summed E-state index contributed by atoms with van der Waals surface area (Å²) in [6, 6.07) is 3.81. The van der Waals surface area contributed by atoms with Gasteiger partial charge in [-0.3, -0.25) is 4.79 Å². The van der Waals surface area contributed by atoms with Gasteiger partial charge in [0.05, 0.1) is 12.5 Å². The second-order valence-corrected chi connectivity index (χ2v) is 3.94. The van der Waals surface area contributed by atoms with Crippen LogP contribution in [0.15, 0.2) is 39.8 Å². The molecule has 0 spiro atoms. The third-order valence-corrected chi connectivity index (χ3v) is 2.69. The van der Waals surface area contributed by atoms with E-state index in [9.17, 15) is 4.79 Å². The van der Waals surface area contributed by atoms with Crippen molar-refractivity contribution in [1.29, 1.82) is 0 Å². The summed E-state index contributed by atoms with van der Waals surface area (Å²) in [6.07, 6.45) is 4.19. The summed E-state index contributed by atoms with van der Waals surface area (Å²) in [5.74, 6) is 0.227. The van der Waals surface area contributed by atoms with Crippen molar-refractivity contribution in [1.82, 2.24) is 0 Å². The molecule has 3 heteroatoms. The van der Waals surface area contributed by atoms with Gasteiger partial charge in [0.1, 0.15) is 5.78 Å². The van der Waals surface area contributed by atoms with Crippen molar-refractivity contribution in [3.05, 3.63) is 46.5 Å². The Labute approximate surface area is 86.2 Å². The van der Waals surface area contributed by atoms with Crippen LogP contribution in [-0.4, -0.2) is 5.78 Å². The Morgan fingerprint density at radius 1 is 1.29 bits per heavy atom. The van der Waals surface area contributed by atoms with Crippen molar-refractivity contribution in [2.45, 2.75) is 12.8 Å². The van der Waals surface area contributed by atoms with E-state index >= 15 is 0 Å². The lowest BCUT2D eigenvalue weighted by atomic mass is 10.1. The molecule has 0 aliphatic rings. The van der Waals surface area contributed by atoms with E-state index in [4.69, 9.17) is 4.42 Å². The molecule has 0 saturated heterocycles. The van der Waals surface area contributed by atoms with Gasteiger partial charge in [-0.15, -0.1) is 0 Å². The summed E-state index contributed by atoms with van der Waals surface area (Å²) in [4.78, 5) is 11.5. The van der Waals surface area contributed by atoms with Crippen molar-refractivity contribution in [3.63, 3.8) is 0 Å². The average Bonchev–Trinajstić information content (AvgIpc) is 2.76. The Hall–Kier alpha value is -1.35. The minimum Gasteiger partial charge on any atom is -0.472 e. The third kappa shape index (κ3) is 2.33. The van der Waals surface area contributed by atoms with E-state index in [1.165, 1.54) is 0 Å². The van der Waals surface area contributed by atoms with Crippen LogP contribution >= 0.6 is 11.3 Å². The van der Waals surface area contributed by atoms with Gasteiger partial charge in [0.2, 0.25) is 0 Å². The molecule has 2 heterocycles. The Bertz CT molecular complexity index is 349. The van der Waals surface area contributed by atoms with Crippen LogP contribution in [0.1, 0.15) is 11.1 Å². The Morgan fingerprint density at radius 3 is 2.79 bits per heavy atom. The maximum Gasteiger partial charge on any atom is 0.141 e. The van der Waals surface area contributed by atoms with E-state index < -0.39 is 0 Å². The molecule has 0 saturated carbocycles. The molecule has 2 aromatic heterocycles. The Kier molecular flexibility index (Phi) is 2.79. The van der Waals surface area contributed by atoms with E-state index in [0.29, 0.717) is 12.8 Å². The zero-order valence-corrected chi connectivity index (χ0v) is 8.42. The molecule has 0 atom stereocenters. The lowest BCUT2D eigenvalue weighted by molar-refractivity contribution is -0.117. The fourth-order valence-electron chi connectivity index (χ4n) is 1.30. The van der Waals surface area contributed by atoms with Crippen LogP contribution in [0.5, 0.6) is 0 Å². The van der Waals surface area contributed by atoms with Crippen LogP contribution in [0.3, 0.4) is 0 Å². The monoisotopic (exact) mass is 206 g/mol. The normalized spacial score (nSPS) is 10.3. The lowest BCUT2D eigenvalue weighted by Gasteiger charge is -1.95. The van der Waals surface area contributed by atoms with Gasteiger partial charge < -0.3 is 4.42 Å². The van der Waals surface area contributed by atoms with Crippen LogP contribution in [0.4, 0.5) is 0 Å². The predicted octanol–water partition coefficient (Wildman–Crippen LogP) is 2.70. The van der Waals surface area contributed by atoms with Gasteiger partial charge in [-0.1, -0.05) is 0 Å². The van der Waals surface area contributed by atoms with Gasteiger partial charge in [0.15, 0.2) is 0 Å². The molecule has 0 N–H and O–H groups in total. The molecule has 0 unspecified atom stereocenters. The molecule has 2 nitrogen and oxygen atoms in total. The van der Waals surface area contributed by atoms with Crippen molar-refractivity contribution in [2.24, 2.45) is 0 Å². The van der Waals surface area contributed by atoms with E-state index in [0.717, 1.165) is 11.1 Å². The number of thiophene rings is 1. The highest BCUT2D eigenvalue weighted by Gasteiger charge is 2.05. The molecule has 72 valence electrons. The van der Waals surface area contributed by atoms with Crippen LogP contribution in [0.25, 0.3) is 0 Å². The summed E-state index contributed by atoms with van der Waals surface area (Å²) >= 11 is 1.62. The molecule has 2 aromatic rings. The highest BCUT2D eigenvalue weighted by atomic mass is 32.1. The van der Waals surface area contributed by atoms with Crippen LogP contribution in [0.2, 0.25) is 0 Å². The van der Waals surface area contributed by atoms with Gasteiger partial charge >= 0.3 is 0 Å². The maximum atomic E-state index is 11.5. The number of ketones is 1. The standard InChI is InChI=1S/C11H10O2S/c12-11(5-9-1-3-13-7-9)6-10-2-4-14-8-10/h1-4,7-8H,5-6H2. The van der Waals surface area contributed by atoms with Crippen LogP contribution in [0, 0.1) is 0 Å². The zero-order valence-electron chi connectivity index (χ0n) is 7.60. The van der Waals surface area contributed by atoms with Gasteiger partial charge in [-0.25, -0.2) is 0 Å². The van der Waals surface area contributed by atoms with Gasteiger partial charge in [0, 0.05) is 12.8 Å². The average molecular weight is 206 g/mol. The van der Waals surface area contributed by atoms with Crippen molar-refractivity contribution >= 4 is 17.1 Å². The zero-order chi connectivity index (χ0) is 9.80. The SMILES string of the molecule is O=C(Cc1ccoc1)Cc1ccsc1. The first-order valence-corrected chi connectivity index (χ1v) is 5.33. The minimum atomic E-state index is 0.227. The summed E-state index contributed by atoms with van der Waals surface area (Å²) < 4.78 is 4.90. The molecule has 14 heavy (non-hydrogen) atoms. The Morgan fingerprint density at radius 2 is 2.14 bits per heavy atom. The molecule has 0 amide bonds. The second kappa shape index (κ2) is 4.24. The fraction of sp³-hybridized carbons (Fsp3) is 0.182. The number of hydrogen-bond acceptors (Lipinski definition) is 3. The number of carbonyl (C=O) groups excluding carboxylic acids is 1. The first-order chi connectivity index (χ1) is 6.84. The van der Waals surface area contributed by atoms with E-state index in [1.807, 2.05) is 22.9 Å². The minimum absolute atomic E-state index is 0.227. The van der Waals surface area contributed by atoms with Gasteiger partial charge in [-0.05, 0) is 34.0 Å². The maximum absolute atomic E-state index is 11.5. The highest BCUT2D eigenvalue weighted by molar-refractivity contribution is 7.07. The van der Waals surface area contributed by atoms with E-state index in [2.05, 4.69) is 0 Å². The van der Waals surface area contributed by atoms with Crippen molar-refractivity contribution in [3.8, 4) is 0 Å². The third-order valence-electron chi connectivity index (χ3n) is 1.96. The van der Waals surface area contributed by atoms with Gasteiger partial charge in [-0.2, -0.15) is 11.3 Å². The lowest BCUT2D eigenvalue weighted by Crippen LogP contribution is -2.04. The number of furan rings is 1. The van der Waals surface area contributed by atoms with Crippen molar-refractivity contribution < 1.29 is 9.21 Å². The quantitative estimate of drug-likeness (QED) is 0.770. The highest BCUT2D eigenvalue weighted by Crippen LogP contribution is 2.09. The van der Waals surface area contributed by atoms with Gasteiger partial charge in [0.25, 0.3) is 0 Å². The Balaban J connectivity index is 1.91. The first kappa shape index (κ1) is 9.21. The molecular formula is C11H10O2S. The molecule has 0 radical (unpaired) electrons. The largest absolute Gasteiger partial charge is 0.472 e. The summed E-state index contributed by atoms with van der Waals surface area (Å²) in [7, 11) is 0. The van der Waals surface area contributed by atoms with Crippen LogP contribution in [-0.2, 0) is 17.6 Å². The molecule has 0 aliphatic carbocycles. The number of hydrogen-bond donors (Lipinski definition) is 0. The van der Waals surface area contributed by atoms with E-state index in [1.54, 1.807) is 23.9 Å². The second-order valence-electron chi connectivity index (χ2n) is 3.16. The van der Waals surface area contributed by atoms with Crippen LogP contribution < -0.4 is 0 Å². The van der Waals surface area contributed by atoms with Crippen molar-refractivity contribution in [2.75, 3.05) is 0 Å². The number of carbonyl (C=O) groups is 1. The molecule has 0 aromatic carbocycles. The molecule has 2 rings (SSSR count). The topological polar surface area (TPSA) is 30.2 Å². The fourth-order valence-corrected chi connectivity index (χ4v) is 1.97. The summed E-state index contributed by atoms with van der Waals surface area (Å²) in [5, 5.41) is 3.99. The molecule has 0 bridgehead atoms. The smallest absolute Gasteiger partial charge is 0.141 e. The first-order valence-electron chi connectivity index (χ1n) is 4.38.